The summed E-state index contributed by atoms with van der Waals surface area (Å²) in [4.78, 5) is 18.9. The summed E-state index contributed by atoms with van der Waals surface area (Å²) >= 11 is 1.48. The average Bonchev–Trinajstić information content (AvgIpc) is 3.36. The molecule has 8 heteroatoms. The molecule has 1 aromatic heterocycles. The highest BCUT2D eigenvalue weighted by molar-refractivity contribution is 7.09. The second-order valence-corrected chi connectivity index (χ2v) is 9.27. The van der Waals surface area contributed by atoms with Crippen molar-refractivity contribution in [1.82, 2.24) is 15.2 Å². The fraction of sp³-hybridized carbons (Fsp3) is 0.545. The van der Waals surface area contributed by atoms with Crippen molar-refractivity contribution >= 4 is 17.2 Å². The maximum atomic E-state index is 12.2. The van der Waals surface area contributed by atoms with Gasteiger partial charge in [0.15, 0.2) is 11.5 Å². The number of rotatable bonds is 6. The molecule has 2 saturated heterocycles. The molecule has 4 rings (SSSR count). The smallest absolute Gasteiger partial charge is 0.270 e. The number of likely N-dealkylation sites (tertiary alicyclic amines) is 1. The molecule has 2 N–H and O–H groups in total. The minimum Gasteiger partial charge on any atom is -0.504 e. The second-order valence-electron chi connectivity index (χ2n) is 8.21. The van der Waals surface area contributed by atoms with Crippen molar-refractivity contribution < 1.29 is 19.4 Å². The zero-order valence-electron chi connectivity index (χ0n) is 17.5. The SMILES string of the molecule is COc1cc(CN2CCC3(CCC(CNC(=O)c4csc(C)n4)O3)CC2)ccc1O. The van der Waals surface area contributed by atoms with Crippen LogP contribution in [0.15, 0.2) is 23.6 Å². The number of hydrogen-bond acceptors (Lipinski definition) is 7. The lowest BCUT2D eigenvalue weighted by Gasteiger charge is -2.39. The Balaban J connectivity index is 1.24. The second kappa shape index (κ2) is 8.91. The van der Waals surface area contributed by atoms with Gasteiger partial charge in [-0.15, -0.1) is 11.3 Å². The average molecular weight is 432 g/mol. The zero-order chi connectivity index (χ0) is 21.1. The molecule has 2 aliphatic rings. The topological polar surface area (TPSA) is 83.9 Å². The van der Waals surface area contributed by atoms with Crippen LogP contribution in [0.5, 0.6) is 11.5 Å². The standard InChI is InChI=1S/C22H29N3O4S/c1-15-24-18(14-30-15)21(27)23-12-17-5-6-22(29-17)7-9-25(10-8-22)13-16-3-4-19(26)20(11-16)28-2/h3-4,11,14,17,26H,5-10,12-13H2,1-2H3,(H,23,27). The van der Waals surface area contributed by atoms with E-state index in [1.807, 2.05) is 19.1 Å². The first-order valence-corrected chi connectivity index (χ1v) is 11.3. The molecule has 3 heterocycles. The van der Waals surface area contributed by atoms with Crippen molar-refractivity contribution in [3.8, 4) is 11.5 Å². The fourth-order valence-corrected chi connectivity index (χ4v) is 4.96. The molecule has 2 aromatic rings. The van der Waals surface area contributed by atoms with Crippen LogP contribution < -0.4 is 10.1 Å². The van der Waals surface area contributed by atoms with Gasteiger partial charge in [0.1, 0.15) is 5.69 Å². The molecular formula is C22H29N3O4S. The Morgan fingerprint density at radius 2 is 2.20 bits per heavy atom. The maximum Gasteiger partial charge on any atom is 0.270 e. The van der Waals surface area contributed by atoms with Crippen LogP contribution in [0.4, 0.5) is 0 Å². The van der Waals surface area contributed by atoms with Gasteiger partial charge in [0.2, 0.25) is 0 Å². The highest BCUT2D eigenvalue weighted by Crippen LogP contribution is 2.39. The fourth-order valence-electron chi connectivity index (χ4n) is 4.37. The van der Waals surface area contributed by atoms with E-state index in [0.717, 1.165) is 55.9 Å². The van der Waals surface area contributed by atoms with Crippen LogP contribution in [0.1, 0.15) is 46.7 Å². The zero-order valence-corrected chi connectivity index (χ0v) is 18.3. The molecule has 30 heavy (non-hydrogen) atoms. The predicted octanol–water partition coefficient (Wildman–Crippen LogP) is 3.11. The van der Waals surface area contributed by atoms with Gasteiger partial charge < -0.3 is 19.9 Å². The number of nitrogens with zero attached hydrogens (tertiary/aromatic N) is 2. The molecule has 1 spiro atoms. The number of carbonyl (C=O) groups excluding carboxylic acids is 1. The molecule has 1 atom stereocenters. The summed E-state index contributed by atoms with van der Waals surface area (Å²) < 4.78 is 11.6. The van der Waals surface area contributed by atoms with Crippen molar-refractivity contribution in [3.05, 3.63) is 39.8 Å². The van der Waals surface area contributed by atoms with Gasteiger partial charge in [0, 0.05) is 31.6 Å². The van der Waals surface area contributed by atoms with Crippen molar-refractivity contribution in [2.45, 2.75) is 50.9 Å². The third-order valence-corrected chi connectivity index (χ3v) is 6.87. The molecule has 0 aliphatic carbocycles. The predicted molar refractivity (Wildman–Crippen MR) is 115 cm³/mol. The molecule has 7 nitrogen and oxygen atoms in total. The third-order valence-electron chi connectivity index (χ3n) is 6.10. The third kappa shape index (κ3) is 4.77. The highest BCUT2D eigenvalue weighted by atomic mass is 32.1. The number of nitrogens with one attached hydrogen (secondary N) is 1. The Morgan fingerprint density at radius 1 is 1.40 bits per heavy atom. The number of carbonyl (C=O) groups is 1. The van der Waals surface area contributed by atoms with E-state index in [2.05, 4.69) is 15.2 Å². The van der Waals surface area contributed by atoms with E-state index in [1.54, 1.807) is 18.6 Å². The first kappa shape index (κ1) is 21.1. The molecular weight excluding hydrogens is 402 g/mol. The van der Waals surface area contributed by atoms with Crippen molar-refractivity contribution in [3.63, 3.8) is 0 Å². The number of hydrogen-bond donors (Lipinski definition) is 2. The van der Waals surface area contributed by atoms with E-state index in [9.17, 15) is 9.90 Å². The van der Waals surface area contributed by atoms with Gasteiger partial charge in [-0.3, -0.25) is 9.69 Å². The number of methoxy groups -OCH3 is 1. The lowest BCUT2D eigenvalue weighted by atomic mass is 9.88. The number of benzene rings is 1. The largest absolute Gasteiger partial charge is 0.504 e. The number of thiazole rings is 1. The summed E-state index contributed by atoms with van der Waals surface area (Å²) in [6.07, 6.45) is 4.09. The van der Waals surface area contributed by atoms with Crippen LogP contribution in [0, 0.1) is 6.92 Å². The van der Waals surface area contributed by atoms with Crippen LogP contribution in [0.25, 0.3) is 0 Å². The lowest BCUT2D eigenvalue weighted by molar-refractivity contribution is -0.0764. The minimum atomic E-state index is -0.122. The molecule has 1 aromatic carbocycles. The lowest BCUT2D eigenvalue weighted by Crippen LogP contribution is -2.44. The molecule has 1 unspecified atom stereocenters. The normalized spacial score (nSPS) is 21.1. The molecule has 162 valence electrons. The summed E-state index contributed by atoms with van der Waals surface area (Å²) in [5, 5.41) is 15.4. The Bertz CT molecular complexity index is 892. The highest BCUT2D eigenvalue weighted by Gasteiger charge is 2.42. The van der Waals surface area contributed by atoms with Crippen LogP contribution >= 0.6 is 11.3 Å². The maximum absolute atomic E-state index is 12.2. The number of amides is 1. The van der Waals surface area contributed by atoms with Gasteiger partial charge in [0.05, 0.1) is 23.8 Å². The Morgan fingerprint density at radius 3 is 2.90 bits per heavy atom. The first-order valence-electron chi connectivity index (χ1n) is 10.4. The van der Waals surface area contributed by atoms with E-state index in [0.29, 0.717) is 18.0 Å². The quantitative estimate of drug-likeness (QED) is 0.731. The molecule has 0 radical (unpaired) electrons. The molecule has 2 aliphatic heterocycles. The van der Waals surface area contributed by atoms with Crippen LogP contribution in [0.3, 0.4) is 0 Å². The Labute approximate surface area is 181 Å². The van der Waals surface area contributed by atoms with E-state index in [4.69, 9.17) is 9.47 Å². The van der Waals surface area contributed by atoms with Crippen molar-refractivity contribution in [1.29, 1.82) is 0 Å². The van der Waals surface area contributed by atoms with Gasteiger partial charge in [-0.25, -0.2) is 4.98 Å². The Kier molecular flexibility index (Phi) is 6.26. The Hall–Kier alpha value is -2.16. The summed E-state index contributed by atoms with van der Waals surface area (Å²) in [5.74, 6) is 0.558. The van der Waals surface area contributed by atoms with E-state index < -0.39 is 0 Å². The van der Waals surface area contributed by atoms with E-state index in [1.165, 1.54) is 11.3 Å². The van der Waals surface area contributed by atoms with Crippen molar-refractivity contribution in [2.24, 2.45) is 0 Å². The summed E-state index contributed by atoms with van der Waals surface area (Å²) in [6, 6.07) is 5.52. The van der Waals surface area contributed by atoms with Gasteiger partial charge in [-0.2, -0.15) is 0 Å². The van der Waals surface area contributed by atoms with Crippen LogP contribution in [-0.4, -0.2) is 59.3 Å². The van der Waals surface area contributed by atoms with E-state index >= 15 is 0 Å². The van der Waals surface area contributed by atoms with Crippen LogP contribution in [-0.2, 0) is 11.3 Å². The van der Waals surface area contributed by atoms with Crippen molar-refractivity contribution in [2.75, 3.05) is 26.7 Å². The number of phenolic OH excluding ortho intramolecular Hbond substituents is 1. The number of aromatic hydroxyl groups is 1. The minimum absolute atomic E-state index is 0.0598. The number of phenols is 1. The first-order chi connectivity index (χ1) is 14.5. The van der Waals surface area contributed by atoms with Gasteiger partial charge in [-0.05, 0) is 50.3 Å². The number of ether oxygens (including phenoxy) is 2. The monoisotopic (exact) mass is 431 g/mol. The summed E-state index contributed by atoms with van der Waals surface area (Å²) in [6.45, 7) is 5.21. The molecule has 0 bridgehead atoms. The van der Waals surface area contributed by atoms with Crippen LogP contribution in [0.2, 0.25) is 0 Å². The molecule has 0 saturated carbocycles. The summed E-state index contributed by atoms with van der Waals surface area (Å²) in [7, 11) is 1.57. The number of piperidine rings is 1. The van der Waals surface area contributed by atoms with Gasteiger partial charge in [0.25, 0.3) is 5.91 Å². The molecule has 2 fully saturated rings. The molecule has 1 amide bonds. The van der Waals surface area contributed by atoms with E-state index in [-0.39, 0.29) is 23.4 Å². The summed E-state index contributed by atoms with van der Waals surface area (Å²) in [5.41, 5.74) is 1.56. The number of aryl methyl sites for hydroxylation is 1. The van der Waals surface area contributed by atoms with Gasteiger partial charge in [-0.1, -0.05) is 6.07 Å². The number of aromatic nitrogens is 1. The van der Waals surface area contributed by atoms with Gasteiger partial charge >= 0.3 is 0 Å².